The molecule has 0 radical (unpaired) electrons. The maximum absolute atomic E-state index is 13.8. The van der Waals surface area contributed by atoms with E-state index in [0.717, 1.165) is 0 Å². The van der Waals surface area contributed by atoms with Crippen molar-refractivity contribution in [3.8, 4) is 0 Å². The molecule has 4 nitrogen and oxygen atoms in total. The van der Waals surface area contributed by atoms with Gasteiger partial charge >= 0.3 is 5.97 Å². The highest BCUT2D eigenvalue weighted by atomic mass is 19.1. The van der Waals surface area contributed by atoms with Crippen molar-refractivity contribution < 1.29 is 18.7 Å². The van der Waals surface area contributed by atoms with Crippen LogP contribution in [-0.4, -0.2) is 54.6 Å². The lowest BCUT2D eigenvalue weighted by Crippen LogP contribution is -2.38. The monoisotopic (exact) mass is 286 g/mol. The van der Waals surface area contributed by atoms with E-state index < -0.39 is 23.6 Å². The summed E-state index contributed by atoms with van der Waals surface area (Å²) in [5, 5.41) is 8.94. The van der Waals surface area contributed by atoms with Gasteiger partial charge in [0.15, 0.2) is 0 Å². The van der Waals surface area contributed by atoms with Crippen LogP contribution in [0.4, 0.5) is 8.78 Å². The average Bonchev–Trinajstić information content (AvgIpc) is 2.33. The lowest BCUT2D eigenvalue weighted by Gasteiger charge is -2.29. The topological polar surface area (TPSA) is 43.8 Å². The van der Waals surface area contributed by atoms with Crippen molar-refractivity contribution in [1.82, 2.24) is 9.80 Å². The summed E-state index contributed by atoms with van der Waals surface area (Å²) in [6, 6.07) is 3.01. The molecule has 0 aliphatic heterocycles. The number of aliphatic carboxylic acids is 1. The fourth-order valence-electron chi connectivity index (χ4n) is 2.00. The number of rotatable bonds is 7. The Balaban J connectivity index is 2.96. The number of carboxylic acids is 1. The van der Waals surface area contributed by atoms with Gasteiger partial charge in [0.05, 0.1) is 6.54 Å². The molecular weight excluding hydrogens is 266 g/mol. The van der Waals surface area contributed by atoms with Crippen LogP contribution in [0.15, 0.2) is 18.2 Å². The van der Waals surface area contributed by atoms with Gasteiger partial charge in [-0.3, -0.25) is 9.69 Å². The normalized spacial score (nSPS) is 12.9. The molecule has 0 bridgehead atoms. The van der Waals surface area contributed by atoms with Gasteiger partial charge in [-0.2, -0.15) is 0 Å². The number of halogens is 2. The van der Waals surface area contributed by atoms with Crippen LogP contribution in [0.25, 0.3) is 0 Å². The zero-order valence-electron chi connectivity index (χ0n) is 11.9. The predicted molar refractivity (Wildman–Crippen MR) is 72.5 cm³/mol. The summed E-state index contributed by atoms with van der Waals surface area (Å²) < 4.78 is 27.5. The van der Waals surface area contributed by atoms with Crippen molar-refractivity contribution >= 4 is 5.97 Å². The SMILES string of the molecule is CC(c1c(F)cccc1F)N(CCN(C)C)CC(=O)O. The van der Waals surface area contributed by atoms with Crippen LogP contribution < -0.4 is 0 Å². The van der Waals surface area contributed by atoms with Crippen LogP contribution in [0.3, 0.4) is 0 Å². The van der Waals surface area contributed by atoms with E-state index in [1.807, 2.05) is 19.0 Å². The van der Waals surface area contributed by atoms with Gasteiger partial charge in [0, 0.05) is 24.7 Å². The number of carbonyl (C=O) groups is 1. The van der Waals surface area contributed by atoms with E-state index in [0.29, 0.717) is 13.1 Å². The Bertz CT molecular complexity index is 446. The fourth-order valence-corrected chi connectivity index (χ4v) is 2.00. The molecule has 0 heterocycles. The molecule has 1 atom stereocenters. The van der Waals surface area contributed by atoms with Gasteiger partial charge in [0.2, 0.25) is 0 Å². The highest BCUT2D eigenvalue weighted by Crippen LogP contribution is 2.25. The molecule has 1 aromatic carbocycles. The van der Waals surface area contributed by atoms with Crippen molar-refractivity contribution in [3.63, 3.8) is 0 Å². The van der Waals surface area contributed by atoms with Crippen LogP contribution >= 0.6 is 0 Å². The van der Waals surface area contributed by atoms with Crippen molar-refractivity contribution in [1.29, 1.82) is 0 Å². The summed E-state index contributed by atoms with van der Waals surface area (Å²) in [5.41, 5.74) is -0.0903. The molecule has 1 N–H and O–H groups in total. The Morgan fingerprint density at radius 2 is 1.80 bits per heavy atom. The zero-order valence-corrected chi connectivity index (χ0v) is 11.9. The minimum absolute atomic E-state index is 0.0903. The van der Waals surface area contributed by atoms with E-state index in [2.05, 4.69) is 0 Å². The molecule has 6 heteroatoms. The zero-order chi connectivity index (χ0) is 15.3. The molecule has 0 aromatic heterocycles. The minimum atomic E-state index is -1.02. The standard InChI is InChI=1S/C14H20F2N2O2/c1-10(14-11(15)5-4-6-12(14)16)18(9-13(19)20)8-7-17(2)3/h4-6,10H,7-9H2,1-3H3,(H,19,20). The Labute approximate surface area is 117 Å². The minimum Gasteiger partial charge on any atom is -0.480 e. The lowest BCUT2D eigenvalue weighted by molar-refractivity contribution is -0.139. The lowest BCUT2D eigenvalue weighted by atomic mass is 10.1. The molecule has 0 amide bonds. The van der Waals surface area contributed by atoms with Gasteiger partial charge in [0.1, 0.15) is 11.6 Å². The Kier molecular flexibility index (Phi) is 6.04. The van der Waals surface area contributed by atoms with E-state index in [-0.39, 0.29) is 12.1 Å². The van der Waals surface area contributed by atoms with Crippen molar-refractivity contribution in [2.45, 2.75) is 13.0 Å². The Morgan fingerprint density at radius 1 is 1.25 bits per heavy atom. The van der Waals surface area contributed by atoms with Crippen LogP contribution in [0, 0.1) is 11.6 Å². The summed E-state index contributed by atoms with van der Waals surface area (Å²) in [4.78, 5) is 14.4. The van der Waals surface area contributed by atoms with Crippen LogP contribution in [-0.2, 0) is 4.79 Å². The maximum Gasteiger partial charge on any atom is 0.317 e. The first-order chi connectivity index (χ1) is 9.32. The van der Waals surface area contributed by atoms with E-state index in [9.17, 15) is 13.6 Å². The molecular formula is C14H20F2N2O2. The number of benzene rings is 1. The number of nitrogens with zero attached hydrogens (tertiary/aromatic N) is 2. The van der Waals surface area contributed by atoms with Gasteiger partial charge in [0.25, 0.3) is 0 Å². The van der Waals surface area contributed by atoms with Crippen LogP contribution in [0.1, 0.15) is 18.5 Å². The van der Waals surface area contributed by atoms with E-state index in [1.165, 1.54) is 18.2 Å². The first-order valence-electron chi connectivity index (χ1n) is 6.37. The highest BCUT2D eigenvalue weighted by Gasteiger charge is 2.23. The predicted octanol–water partition coefficient (Wildman–Crippen LogP) is 1.97. The Morgan fingerprint density at radius 3 is 2.25 bits per heavy atom. The van der Waals surface area contributed by atoms with Crippen molar-refractivity contribution in [2.24, 2.45) is 0 Å². The molecule has 1 rings (SSSR count). The molecule has 112 valence electrons. The summed E-state index contributed by atoms with van der Waals surface area (Å²) in [7, 11) is 3.71. The molecule has 1 aromatic rings. The molecule has 0 aliphatic rings. The third-order valence-corrected chi connectivity index (χ3v) is 3.14. The number of hydrogen-bond donors (Lipinski definition) is 1. The largest absolute Gasteiger partial charge is 0.480 e. The molecule has 20 heavy (non-hydrogen) atoms. The van der Waals surface area contributed by atoms with Gasteiger partial charge in [-0.1, -0.05) is 6.07 Å². The molecule has 0 spiro atoms. The van der Waals surface area contributed by atoms with Gasteiger partial charge in [-0.25, -0.2) is 8.78 Å². The van der Waals surface area contributed by atoms with E-state index in [1.54, 1.807) is 11.8 Å². The summed E-state index contributed by atoms with van der Waals surface area (Å²) in [6.07, 6.45) is 0. The van der Waals surface area contributed by atoms with Crippen molar-refractivity contribution in [3.05, 3.63) is 35.4 Å². The first-order valence-corrected chi connectivity index (χ1v) is 6.37. The number of carboxylic acid groups (broad SMARTS) is 1. The smallest absolute Gasteiger partial charge is 0.317 e. The number of hydrogen-bond acceptors (Lipinski definition) is 3. The molecule has 1 unspecified atom stereocenters. The average molecular weight is 286 g/mol. The van der Waals surface area contributed by atoms with Crippen molar-refractivity contribution in [2.75, 3.05) is 33.7 Å². The summed E-state index contributed by atoms with van der Waals surface area (Å²) in [6.45, 7) is 2.37. The molecule has 0 aliphatic carbocycles. The molecule has 0 fully saturated rings. The van der Waals surface area contributed by atoms with E-state index >= 15 is 0 Å². The van der Waals surface area contributed by atoms with E-state index in [4.69, 9.17) is 5.11 Å². The second kappa shape index (κ2) is 7.31. The number of likely N-dealkylation sites (N-methyl/N-ethyl adjacent to an activating group) is 1. The summed E-state index contributed by atoms with van der Waals surface area (Å²) >= 11 is 0. The van der Waals surface area contributed by atoms with Crippen LogP contribution in [0.5, 0.6) is 0 Å². The third kappa shape index (κ3) is 4.54. The second-order valence-corrected chi connectivity index (χ2v) is 4.98. The third-order valence-electron chi connectivity index (χ3n) is 3.14. The second-order valence-electron chi connectivity index (χ2n) is 4.98. The maximum atomic E-state index is 13.8. The fraction of sp³-hybridized carbons (Fsp3) is 0.500. The summed E-state index contributed by atoms with van der Waals surface area (Å²) in [5.74, 6) is -2.33. The first kappa shape index (κ1) is 16.5. The molecule has 0 saturated carbocycles. The highest BCUT2D eigenvalue weighted by molar-refractivity contribution is 5.69. The Hall–Kier alpha value is -1.53. The quantitative estimate of drug-likeness (QED) is 0.832. The van der Waals surface area contributed by atoms with Gasteiger partial charge < -0.3 is 10.0 Å². The van der Waals surface area contributed by atoms with Gasteiger partial charge in [-0.15, -0.1) is 0 Å². The van der Waals surface area contributed by atoms with Crippen LogP contribution in [0.2, 0.25) is 0 Å². The molecule has 0 saturated heterocycles. The van der Waals surface area contributed by atoms with Gasteiger partial charge in [-0.05, 0) is 33.2 Å².